The van der Waals surface area contributed by atoms with Gasteiger partial charge in [-0.15, -0.1) is 11.8 Å². The SMILES string of the molecule is C[C@H](Cc1ccco1)NC(=O)c1cccc(NC(=O)C2=CSCCO2)c1. The molecule has 0 unspecified atom stereocenters. The Morgan fingerprint density at radius 2 is 2.12 bits per heavy atom. The molecule has 1 aliphatic rings. The van der Waals surface area contributed by atoms with Gasteiger partial charge in [-0.05, 0) is 37.3 Å². The van der Waals surface area contributed by atoms with Crippen LogP contribution in [-0.4, -0.2) is 30.2 Å². The number of thioether (sulfide) groups is 1. The summed E-state index contributed by atoms with van der Waals surface area (Å²) >= 11 is 1.54. The van der Waals surface area contributed by atoms with Crippen LogP contribution in [0.3, 0.4) is 0 Å². The zero-order valence-electron chi connectivity index (χ0n) is 14.4. The Morgan fingerprint density at radius 3 is 2.85 bits per heavy atom. The van der Waals surface area contributed by atoms with Crippen LogP contribution in [0.25, 0.3) is 0 Å². The summed E-state index contributed by atoms with van der Waals surface area (Å²) in [7, 11) is 0. The van der Waals surface area contributed by atoms with Crippen LogP contribution in [-0.2, 0) is 16.0 Å². The van der Waals surface area contributed by atoms with E-state index in [1.54, 1.807) is 35.9 Å². The van der Waals surface area contributed by atoms with E-state index in [-0.39, 0.29) is 17.9 Å². The third-order valence-corrected chi connectivity index (χ3v) is 4.50. The molecule has 1 atom stereocenters. The summed E-state index contributed by atoms with van der Waals surface area (Å²) in [6.45, 7) is 2.43. The molecule has 2 amide bonds. The Morgan fingerprint density at radius 1 is 1.23 bits per heavy atom. The van der Waals surface area contributed by atoms with Crippen LogP contribution < -0.4 is 10.6 Å². The van der Waals surface area contributed by atoms with Gasteiger partial charge in [0, 0.05) is 34.9 Å². The zero-order valence-corrected chi connectivity index (χ0v) is 15.2. The molecular formula is C19H20N2O4S. The highest BCUT2D eigenvalue weighted by Gasteiger charge is 2.16. The Kier molecular flexibility index (Phi) is 6.01. The average molecular weight is 372 g/mol. The molecule has 2 heterocycles. The van der Waals surface area contributed by atoms with Gasteiger partial charge in [-0.1, -0.05) is 6.07 Å². The summed E-state index contributed by atoms with van der Waals surface area (Å²) in [5.41, 5.74) is 1.02. The molecule has 0 aliphatic carbocycles. The summed E-state index contributed by atoms with van der Waals surface area (Å²) in [4.78, 5) is 24.6. The lowest BCUT2D eigenvalue weighted by atomic mass is 10.1. The number of hydrogen-bond donors (Lipinski definition) is 2. The first-order chi connectivity index (χ1) is 12.6. The highest BCUT2D eigenvalue weighted by Crippen LogP contribution is 2.18. The third kappa shape index (κ3) is 4.92. The van der Waals surface area contributed by atoms with Gasteiger partial charge in [0.25, 0.3) is 11.8 Å². The smallest absolute Gasteiger partial charge is 0.291 e. The van der Waals surface area contributed by atoms with E-state index in [4.69, 9.17) is 9.15 Å². The van der Waals surface area contributed by atoms with Crippen molar-refractivity contribution in [3.05, 3.63) is 65.2 Å². The van der Waals surface area contributed by atoms with Crippen molar-refractivity contribution in [1.82, 2.24) is 5.32 Å². The molecular weight excluding hydrogens is 352 g/mol. The molecule has 136 valence electrons. The van der Waals surface area contributed by atoms with E-state index < -0.39 is 0 Å². The second kappa shape index (κ2) is 8.62. The molecule has 0 radical (unpaired) electrons. The van der Waals surface area contributed by atoms with E-state index in [9.17, 15) is 9.59 Å². The molecule has 0 spiro atoms. The quantitative estimate of drug-likeness (QED) is 0.814. The molecule has 0 saturated carbocycles. The van der Waals surface area contributed by atoms with Gasteiger partial charge in [0.2, 0.25) is 0 Å². The molecule has 1 aliphatic heterocycles. The van der Waals surface area contributed by atoms with Crippen LogP contribution in [0.4, 0.5) is 5.69 Å². The van der Waals surface area contributed by atoms with Crippen LogP contribution in [0.15, 0.2) is 58.2 Å². The molecule has 6 nitrogen and oxygen atoms in total. The number of carbonyl (C=O) groups is 2. The molecule has 2 aromatic rings. The number of ether oxygens (including phenoxy) is 1. The fourth-order valence-corrected chi connectivity index (χ4v) is 3.13. The molecule has 0 saturated heterocycles. The molecule has 1 aromatic heterocycles. The van der Waals surface area contributed by atoms with Crippen molar-refractivity contribution in [1.29, 1.82) is 0 Å². The summed E-state index contributed by atoms with van der Waals surface area (Å²) < 4.78 is 10.6. The van der Waals surface area contributed by atoms with Gasteiger partial charge in [-0.2, -0.15) is 0 Å². The zero-order chi connectivity index (χ0) is 18.4. The molecule has 1 aromatic carbocycles. The molecule has 0 fully saturated rings. The van der Waals surface area contributed by atoms with Crippen LogP contribution in [0.5, 0.6) is 0 Å². The topological polar surface area (TPSA) is 80.6 Å². The maximum absolute atomic E-state index is 12.4. The lowest BCUT2D eigenvalue weighted by Gasteiger charge is -2.15. The number of rotatable bonds is 6. The number of hydrogen-bond acceptors (Lipinski definition) is 5. The van der Waals surface area contributed by atoms with Crippen molar-refractivity contribution in [2.24, 2.45) is 0 Å². The Labute approximate surface area is 156 Å². The average Bonchev–Trinajstić information content (AvgIpc) is 3.15. The highest BCUT2D eigenvalue weighted by atomic mass is 32.2. The Bertz CT molecular complexity index is 802. The minimum absolute atomic E-state index is 0.0790. The summed E-state index contributed by atoms with van der Waals surface area (Å²) in [5.74, 6) is 1.42. The standard InChI is InChI=1S/C19H20N2O4S/c1-13(10-16-6-3-7-24-16)20-18(22)14-4-2-5-15(11-14)21-19(23)17-12-26-9-8-25-17/h2-7,11-13H,8-10H2,1H3,(H,20,22)(H,21,23)/t13-/m1/s1. The first-order valence-electron chi connectivity index (χ1n) is 8.31. The van der Waals surface area contributed by atoms with E-state index in [0.717, 1.165) is 11.5 Å². The van der Waals surface area contributed by atoms with Crippen molar-refractivity contribution in [3.8, 4) is 0 Å². The fraction of sp³-hybridized carbons (Fsp3) is 0.263. The molecule has 3 rings (SSSR count). The molecule has 7 heteroatoms. The fourth-order valence-electron chi connectivity index (χ4n) is 2.51. The van der Waals surface area contributed by atoms with Crippen LogP contribution >= 0.6 is 11.8 Å². The summed E-state index contributed by atoms with van der Waals surface area (Å²) in [6.07, 6.45) is 2.22. The van der Waals surface area contributed by atoms with Gasteiger partial charge < -0.3 is 19.8 Å². The van der Waals surface area contributed by atoms with E-state index in [0.29, 0.717) is 30.0 Å². The van der Waals surface area contributed by atoms with E-state index in [1.807, 2.05) is 19.1 Å². The lowest BCUT2D eigenvalue weighted by molar-refractivity contribution is -0.116. The second-order valence-corrected chi connectivity index (χ2v) is 6.87. The number of amides is 2. The number of carbonyl (C=O) groups excluding carboxylic acids is 2. The maximum atomic E-state index is 12.4. The van der Waals surface area contributed by atoms with Gasteiger partial charge in [0.15, 0.2) is 5.76 Å². The largest absolute Gasteiger partial charge is 0.487 e. The Balaban J connectivity index is 1.60. The van der Waals surface area contributed by atoms with Crippen molar-refractivity contribution in [3.63, 3.8) is 0 Å². The lowest BCUT2D eigenvalue weighted by Crippen LogP contribution is -2.34. The normalized spacial score (nSPS) is 14.7. The minimum atomic E-state index is -0.319. The van der Waals surface area contributed by atoms with Crippen LogP contribution in [0, 0.1) is 0 Å². The third-order valence-electron chi connectivity index (χ3n) is 3.72. The van der Waals surface area contributed by atoms with Crippen molar-refractivity contribution >= 4 is 29.3 Å². The van der Waals surface area contributed by atoms with Crippen molar-refractivity contribution < 1.29 is 18.7 Å². The van der Waals surface area contributed by atoms with Gasteiger partial charge in [-0.25, -0.2) is 0 Å². The highest BCUT2D eigenvalue weighted by molar-refractivity contribution is 8.02. The van der Waals surface area contributed by atoms with Gasteiger partial charge in [0.1, 0.15) is 5.76 Å². The number of nitrogens with one attached hydrogen (secondary N) is 2. The summed E-state index contributed by atoms with van der Waals surface area (Å²) in [5, 5.41) is 7.38. The number of furan rings is 1. The maximum Gasteiger partial charge on any atom is 0.291 e. The van der Waals surface area contributed by atoms with Crippen molar-refractivity contribution in [2.45, 2.75) is 19.4 Å². The van der Waals surface area contributed by atoms with E-state index in [1.165, 1.54) is 11.8 Å². The second-order valence-electron chi connectivity index (χ2n) is 5.89. The van der Waals surface area contributed by atoms with Gasteiger partial charge >= 0.3 is 0 Å². The van der Waals surface area contributed by atoms with Crippen LogP contribution in [0.2, 0.25) is 0 Å². The Hall–Kier alpha value is -2.67. The van der Waals surface area contributed by atoms with Crippen LogP contribution in [0.1, 0.15) is 23.0 Å². The first kappa shape index (κ1) is 18.1. The predicted octanol–water partition coefficient (Wildman–Crippen LogP) is 3.18. The van der Waals surface area contributed by atoms with E-state index in [2.05, 4.69) is 10.6 Å². The monoisotopic (exact) mass is 372 g/mol. The molecule has 2 N–H and O–H groups in total. The molecule has 0 bridgehead atoms. The minimum Gasteiger partial charge on any atom is -0.487 e. The first-order valence-corrected chi connectivity index (χ1v) is 9.36. The predicted molar refractivity (Wildman–Crippen MR) is 101 cm³/mol. The summed E-state index contributed by atoms with van der Waals surface area (Å²) in [6, 6.07) is 10.4. The number of anilines is 1. The molecule has 26 heavy (non-hydrogen) atoms. The van der Waals surface area contributed by atoms with Crippen molar-refractivity contribution in [2.75, 3.05) is 17.7 Å². The van der Waals surface area contributed by atoms with Gasteiger partial charge in [0.05, 0.1) is 12.9 Å². The van der Waals surface area contributed by atoms with Gasteiger partial charge in [-0.3, -0.25) is 9.59 Å². The number of benzene rings is 1. The van der Waals surface area contributed by atoms with E-state index >= 15 is 0 Å².